The molecule has 0 saturated carbocycles. The zero-order valence-corrected chi connectivity index (χ0v) is 18.7. The van der Waals surface area contributed by atoms with E-state index in [2.05, 4.69) is 29.6 Å². The first-order chi connectivity index (χ1) is 15.4. The second kappa shape index (κ2) is 9.25. The highest BCUT2D eigenvalue weighted by atomic mass is 35.5. The molecule has 4 rings (SSSR count). The first kappa shape index (κ1) is 21.6. The molecule has 0 aliphatic rings. The number of benzene rings is 3. The van der Waals surface area contributed by atoms with Crippen molar-refractivity contribution in [3.8, 4) is 11.3 Å². The number of pyridine rings is 1. The zero-order valence-electron chi connectivity index (χ0n) is 17.9. The molecule has 0 saturated heterocycles. The lowest BCUT2D eigenvalue weighted by Crippen LogP contribution is -2.27. The second-order valence-electron chi connectivity index (χ2n) is 7.75. The van der Waals surface area contributed by atoms with Crippen molar-refractivity contribution in [2.45, 2.75) is 20.4 Å². The van der Waals surface area contributed by atoms with Crippen molar-refractivity contribution < 1.29 is 4.79 Å². The molecule has 0 unspecified atom stereocenters. The Morgan fingerprint density at radius 1 is 0.906 bits per heavy atom. The number of anilines is 1. The Balaban J connectivity index is 1.89. The monoisotopic (exact) mass is 442 g/mol. The molecule has 0 atom stereocenters. The molecule has 0 aliphatic carbocycles. The molecule has 32 heavy (non-hydrogen) atoms. The van der Waals surface area contributed by atoms with Gasteiger partial charge in [0.1, 0.15) is 5.56 Å². The second-order valence-corrected chi connectivity index (χ2v) is 8.15. The fourth-order valence-corrected chi connectivity index (χ4v) is 3.89. The third-order valence-corrected chi connectivity index (χ3v) is 5.71. The summed E-state index contributed by atoms with van der Waals surface area (Å²) in [5.74, 6) is -0.486. The van der Waals surface area contributed by atoms with Crippen LogP contribution < -0.4 is 10.7 Å². The van der Waals surface area contributed by atoms with Gasteiger partial charge in [-0.1, -0.05) is 83.9 Å². The normalized spacial score (nSPS) is 10.7. The van der Waals surface area contributed by atoms with Crippen LogP contribution in [0, 0.1) is 13.8 Å². The van der Waals surface area contributed by atoms with Gasteiger partial charge >= 0.3 is 0 Å². The van der Waals surface area contributed by atoms with E-state index in [1.165, 1.54) is 11.6 Å². The Labute approximate surface area is 192 Å². The number of hydrogen-bond acceptors (Lipinski definition) is 2. The fraction of sp³-hybridized carbons (Fsp3) is 0.111. The number of nitrogens with one attached hydrogen (secondary N) is 1. The van der Waals surface area contributed by atoms with Crippen molar-refractivity contribution in [3.05, 3.63) is 123 Å². The van der Waals surface area contributed by atoms with E-state index in [-0.39, 0.29) is 11.0 Å². The first-order valence-electron chi connectivity index (χ1n) is 10.4. The minimum Gasteiger partial charge on any atom is -0.340 e. The fourth-order valence-electron chi connectivity index (χ4n) is 3.71. The van der Waals surface area contributed by atoms with Crippen LogP contribution in [0.2, 0.25) is 5.02 Å². The van der Waals surface area contributed by atoms with E-state index >= 15 is 0 Å². The summed E-state index contributed by atoms with van der Waals surface area (Å²) in [7, 11) is 0. The Hall–Kier alpha value is -3.63. The Morgan fingerprint density at radius 3 is 2.25 bits per heavy atom. The van der Waals surface area contributed by atoms with Gasteiger partial charge in [-0.3, -0.25) is 9.59 Å². The van der Waals surface area contributed by atoms with Crippen molar-refractivity contribution in [1.82, 2.24) is 4.57 Å². The average molecular weight is 443 g/mol. The lowest BCUT2D eigenvalue weighted by atomic mass is 10.0. The Kier molecular flexibility index (Phi) is 6.24. The molecular formula is C27H23ClN2O2. The third-order valence-electron chi connectivity index (χ3n) is 5.38. The number of aryl methyl sites for hydroxylation is 2. The molecule has 4 nitrogen and oxygen atoms in total. The summed E-state index contributed by atoms with van der Waals surface area (Å²) >= 11 is 6.23. The maximum Gasteiger partial charge on any atom is 0.261 e. The van der Waals surface area contributed by atoms with Gasteiger partial charge < -0.3 is 9.88 Å². The lowest BCUT2D eigenvalue weighted by Gasteiger charge is -2.21. The van der Waals surface area contributed by atoms with E-state index in [4.69, 9.17) is 11.6 Å². The summed E-state index contributed by atoms with van der Waals surface area (Å²) in [6.45, 7) is 4.46. The summed E-state index contributed by atoms with van der Waals surface area (Å²) in [5, 5.41) is 3.22. The van der Waals surface area contributed by atoms with Gasteiger partial charge in [0.05, 0.1) is 16.4 Å². The molecular weight excluding hydrogens is 420 g/mol. The van der Waals surface area contributed by atoms with Crippen LogP contribution in [0.5, 0.6) is 0 Å². The summed E-state index contributed by atoms with van der Waals surface area (Å²) < 4.78 is 2.02. The van der Waals surface area contributed by atoms with Crippen molar-refractivity contribution >= 4 is 23.2 Å². The van der Waals surface area contributed by atoms with Crippen LogP contribution in [-0.4, -0.2) is 10.5 Å². The number of amides is 1. The number of para-hydroxylation sites is 1. The Bertz CT molecular complexity index is 1330. The SMILES string of the molecule is Cc1ccc(Cn2c(C)cc(=O)c(C(=O)Nc3ccccc3Cl)c2-c2ccccc2)cc1. The van der Waals surface area contributed by atoms with Crippen LogP contribution in [0.3, 0.4) is 0 Å². The van der Waals surface area contributed by atoms with Gasteiger partial charge in [0.25, 0.3) is 5.91 Å². The number of carbonyl (C=O) groups excluding carboxylic acids is 1. The van der Waals surface area contributed by atoms with Gasteiger partial charge in [-0.15, -0.1) is 0 Å². The first-order valence-corrected chi connectivity index (χ1v) is 10.7. The van der Waals surface area contributed by atoms with E-state index in [1.54, 1.807) is 24.3 Å². The van der Waals surface area contributed by atoms with Crippen molar-refractivity contribution in [2.75, 3.05) is 5.32 Å². The molecule has 160 valence electrons. The zero-order chi connectivity index (χ0) is 22.7. The van der Waals surface area contributed by atoms with E-state index in [9.17, 15) is 9.59 Å². The molecule has 5 heteroatoms. The molecule has 0 spiro atoms. The van der Waals surface area contributed by atoms with Crippen LogP contribution in [0.1, 0.15) is 27.2 Å². The lowest BCUT2D eigenvalue weighted by molar-refractivity contribution is 0.102. The highest BCUT2D eigenvalue weighted by molar-refractivity contribution is 6.34. The maximum absolute atomic E-state index is 13.4. The highest BCUT2D eigenvalue weighted by Crippen LogP contribution is 2.27. The molecule has 1 aromatic heterocycles. The summed E-state index contributed by atoms with van der Waals surface area (Å²) in [6.07, 6.45) is 0. The topological polar surface area (TPSA) is 51.1 Å². The number of aromatic nitrogens is 1. The van der Waals surface area contributed by atoms with Gasteiger partial charge in [0.2, 0.25) is 0 Å². The van der Waals surface area contributed by atoms with Crippen molar-refractivity contribution in [2.24, 2.45) is 0 Å². The average Bonchev–Trinajstić information content (AvgIpc) is 2.78. The van der Waals surface area contributed by atoms with Gasteiger partial charge in [0.15, 0.2) is 5.43 Å². The minimum atomic E-state index is -0.486. The predicted molar refractivity (Wildman–Crippen MR) is 131 cm³/mol. The Morgan fingerprint density at radius 2 is 1.56 bits per heavy atom. The smallest absolute Gasteiger partial charge is 0.261 e. The van der Waals surface area contributed by atoms with E-state index in [1.807, 2.05) is 48.7 Å². The number of halogens is 1. The van der Waals surface area contributed by atoms with E-state index in [0.717, 1.165) is 16.8 Å². The van der Waals surface area contributed by atoms with Crippen molar-refractivity contribution in [3.63, 3.8) is 0 Å². The van der Waals surface area contributed by atoms with Crippen molar-refractivity contribution in [1.29, 1.82) is 0 Å². The molecule has 0 bridgehead atoms. The maximum atomic E-state index is 13.4. The molecule has 1 amide bonds. The summed E-state index contributed by atoms with van der Waals surface area (Å²) in [6, 6.07) is 26.2. The van der Waals surface area contributed by atoms with Crippen LogP contribution in [0.4, 0.5) is 5.69 Å². The molecule has 1 N–H and O–H groups in total. The van der Waals surface area contributed by atoms with Crippen LogP contribution in [0.15, 0.2) is 89.7 Å². The van der Waals surface area contributed by atoms with E-state index in [0.29, 0.717) is 22.9 Å². The standard InChI is InChI=1S/C27H23ClN2O2/c1-18-12-14-20(15-13-18)17-30-19(2)16-24(31)25(26(30)21-8-4-3-5-9-21)27(32)29-23-11-7-6-10-22(23)28/h3-16H,17H2,1-2H3,(H,29,32). The molecule has 0 fully saturated rings. The molecule has 1 heterocycles. The minimum absolute atomic E-state index is 0.0915. The van der Waals surface area contributed by atoms with E-state index < -0.39 is 5.91 Å². The van der Waals surface area contributed by atoms with Gasteiger partial charge in [-0.2, -0.15) is 0 Å². The number of carbonyl (C=O) groups is 1. The molecule has 3 aromatic carbocycles. The largest absolute Gasteiger partial charge is 0.340 e. The summed E-state index contributed by atoms with van der Waals surface area (Å²) in [5.41, 5.74) is 4.64. The third kappa shape index (κ3) is 4.51. The highest BCUT2D eigenvalue weighted by Gasteiger charge is 2.22. The predicted octanol–water partition coefficient (Wildman–Crippen LogP) is 6.09. The van der Waals surface area contributed by atoms with Gasteiger partial charge in [-0.05, 0) is 37.1 Å². The van der Waals surface area contributed by atoms with Gasteiger partial charge in [-0.25, -0.2) is 0 Å². The number of rotatable bonds is 5. The van der Waals surface area contributed by atoms with Crippen LogP contribution in [0.25, 0.3) is 11.3 Å². The van der Waals surface area contributed by atoms with Crippen LogP contribution >= 0.6 is 11.6 Å². The number of hydrogen-bond donors (Lipinski definition) is 1. The molecule has 0 radical (unpaired) electrons. The number of nitrogens with zero attached hydrogens (tertiary/aromatic N) is 1. The summed E-state index contributed by atoms with van der Waals surface area (Å²) in [4.78, 5) is 26.5. The molecule has 0 aliphatic heterocycles. The molecule has 4 aromatic rings. The quantitative estimate of drug-likeness (QED) is 0.406. The van der Waals surface area contributed by atoms with Gasteiger partial charge in [0, 0.05) is 18.3 Å². The van der Waals surface area contributed by atoms with Crippen LogP contribution in [-0.2, 0) is 6.54 Å².